The molecule has 2 aromatic carbocycles. The number of nitro benzene ring substituents is 1. The monoisotopic (exact) mass is 273 g/mol. The Labute approximate surface area is 119 Å². The lowest BCUT2D eigenvalue weighted by Crippen LogP contribution is -1.97. The van der Waals surface area contributed by atoms with Crippen LogP contribution in [0.3, 0.4) is 0 Å². The molecule has 97 valence electrons. The van der Waals surface area contributed by atoms with Gasteiger partial charge in [0.05, 0.1) is 39.3 Å². The fourth-order valence-corrected chi connectivity index (χ4v) is 1.92. The largest absolute Gasteiger partial charge is 0.278 e. The van der Waals surface area contributed by atoms with Gasteiger partial charge in [-0.1, -0.05) is 6.07 Å². The molecule has 21 heavy (non-hydrogen) atoms. The number of nitro groups is 1. The number of nitrogens with zero attached hydrogens (tertiary/aromatic N) is 4. The summed E-state index contributed by atoms with van der Waals surface area (Å²) in [6, 6.07) is 14.9. The Bertz CT molecular complexity index is 867. The summed E-state index contributed by atoms with van der Waals surface area (Å²) in [5.41, 5.74) is 0.309. The van der Waals surface area contributed by atoms with Crippen LogP contribution < -0.4 is 0 Å². The summed E-state index contributed by atoms with van der Waals surface area (Å²) in [6.45, 7) is 0. The Morgan fingerprint density at radius 3 is 2.43 bits per heavy atom. The van der Waals surface area contributed by atoms with E-state index in [0.29, 0.717) is 0 Å². The van der Waals surface area contributed by atoms with E-state index in [4.69, 9.17) is 10.5 Å². The maximum Gasteiger partial charge on any atom is 0.278 e. The van der Waals surface area contributed by atoms with Gasteiger partial charge in [-0.3, -0.25) is 10.1 Å². The Hall–Kier alpha value is -3.69. The van der Waals surface area contributed by atoms with E-state index in [9.17, 15) is 15.4 Å². The number of nitriles is 3. The molecule has 0 saturated heterocycles. The van der Waals surface area contributed by atoms with Gasteiger partial charge in [-0.15, -0.1) is 0 Å². The van der Waals surface area contributed by atoms with Crippen molar-refractivity contribution in [1.82, 2.24) is 0 Å². The van der Waals surface area contributed by atoms with Crippen molar-refractivity contribution in [3.63, 3.8) is 0 Å². The maximum atomic E-state index is 11.1. The van der Waals surface area contributed by atoms with E-state index in [2.05, 4.69) is 6.07 Å². The fraction of sp³-hybridized carbons (Fsp3) is 0. The van der Waals surface area contributed by atoms with Crippen LogP contribution in [0.25, 0.3) is 11.1 Å². The average molecular weight is 273 g/mol. The van der Waals surface area contributed by atoms with Crippen LogP contribution in [-0.4, -0.2) is 4.92 Å². The second-order valence-corrected chi connectivity index (χ2v) is 3.97. The van der Waals surface area contributed by atoms with Gasteiger partial charge >= 0.3 is 0 Å². The van der Waals surface area contributed by atoms with Crippen LogP contribution in [0, 0.1) is 50.2 Å². The first kappa shape index (κ1) is 13.7. The van der Waals surface area contributed by atoms with Gasteiger partial charge in [0.15, 0.2) is 0 Å². The molecule has 0 spiro atoms. The second kappa shape index (κ2) is 5.52. The molecule has 0 fully saturated rings. The molecule has 2 aromatic rings. The lowest BCUT2D eigenvalue weighted by Gasteiger charge is -2.07. The first-order valence-corrected chi connectivity index (χ1v) is 5.66. The van der Waals surface area contributed by atoms with Gasteiger partial charge in [-0.2, -0.15) is 15.8 Å². The summed E-state index contributed by atoms with van der Waals surface area (Å²) in [6.07, 6.45) is 0. The smallest absolute Gasteiger partial charge is 0.258 e. The molecule has 0 heterocycles. The van der Waals surface area contributed by atoms with Crippen molar-refractivity contribution in [3.05, 3.63) is 63.2 Å². The molecule has 6 nitrogen and oxygen atoms in total. The van der Waals surface area contributed by atoms with Crippen molar-refractivity contribution in [2.45, 2.75) is 0 Å². The van der Waals surface area contributed by atoms with Crippen molar-refractivity contribution in [3.8, 4) is 29.3 Å². The van der Waals surface area contributed by atoms with E-state index in [1.165, 1.54) is 30.3 Å². The molecule has 0 amide bonds. The van der Waals surface area contributed by atoms with E-state index in [1.54, 1.807) is 0 Å². The summed E-state index contributed by atoms with van der Waals surface area (Å²) < 4.78 is 0. The highest BCUT2D eigenvalue weighted by molar-refractivity contribution is 5.83. The zero-order valence-electron chi connectivity index (χ0n) is 10.5. The second-order valence-electron chi connectivity index (χ2n) is 3.97. The molecule has 0 bridgehead atoms. The van der Waals surface area contributed by atoms with Gasteiger partial charge in [0, 0.05) is 17.7 Å². The molecular weight excluding hydrogens is 268 g/mol. The van der Waals surface area contributed by atoms with Crippen LogP contribution in [0.2, 0.25) is 0 Å². The minimum absolute atomic E-state index is 0.0228. The van der Waals surface area contributed by atoms with E-state index >= 15 is 0 Å². The molecule has 0 saturated carbocycles. The van der Waals surface area contributed by atoms with Crippen LogP contribution in [0.4, 0.5) is 5.69 Å². The molecule has 0 aliphatic carbocycles. The summed E-state index contributed by atoms with van der Waals surface area (Å²) >= 11 is 0. The lowest BCUT2D eigenvalue weighted by atomic mass is 9.93. The molecular formula is C15H5N4O2. The molecule has 1 radical (unpaired) electrons. The highest BCUT2D eigenvalue weighted by atomic mass is 16.6. The molecule has 0 atom stereocenters. The van der Waals surface area contributed by atoms with E-state index in [-0.39, 0.29) is 33.5 Å². The van der Waals surface area contributed by atoms with Crippen molar-refractivity contribution < 1.29 is 4.92 Å². The molecule has 2 rings (SSSR count). The van der Waals surface area contributed by atoms with Gasteiger partial charge < -0.3 is 0 Å². The molecule has 0 aliphatic rings. The van der Waals surface area contributed by atoms with E-state index in [1.807, 2.05) is 18.2 Å². The van der Waals surface area contributed by atoms with Crippen molar-refractivity contribution in [2.24, 2.45) is 0 Å². The highest BCUT2D eigenvalue weighted by Crippen LogP contribution is 2.35. The molecule has 6 heteroatoms. The fourth-order valence-electron chi connectivity index (χ4n) is 1.92. The van der Waals surface area contributed by atoms with Gasteiger partial charge in [0.1, 0.15) is 6.07 Å². The van der Waals surface area contributed by atoms with Crippen LogP contribution in [0.5, 0.6) is 0 Å². The number of hydrogen-bond donors (Lipinski definition) is 0. The SMILES string of the molecule is N#Cc1ccc(-c2c(C#N)[c]ccc2[N+](=O)[O-])c(C#N)c1. The average Bonchev–Trinajstić information content (AvgIpc) is 2.53. The van der Waals surface area contributed by atoms with Gasteiger partial charge in [-0.05, 0) is 18.2 Å². The standard InChI is InChI=1S/C15H5N4O2/c16-7-10-4-5-13(12(6-10)9-18)15-11(8-17)2-1-3-14(15)19(20)21/h1,3-6H. The van der Waals surface area contributed by atoms with Crippen LogP contribution in [0.15, 0.2) is 30.3 Å². The third kappa shape index (κ3) is 2.40. The summed E-state index contributed by atoms with van der Waals surface area (Å²) in [5, 5.41) is 38.3. The summed E-state index contributed by atoms with van der Waals surface area (Å²) in [5.74, 6) is 0. The van der Waals surface area contributed by atoms with Gasteiger partial charge in [0.2, 0.25) is 0 Å². The zero-order chi connectivity index (χ0) is 15.4. The van der Waals surface area contributed by atoms with Gasteiger partial charge in [-0.25, -0.2) is 0 Å². The Balaban J connectivity index is 2.86. The van der Waals surface area contributed by atoms with Crippen molar-refractivity contribution >= 4 is 5.69 Å². The minimum Gasteiger partial charge on any atom is -0.258 e. The Morgan fingerprint density at radius 2 is 1.86 bits per heavy atom. The lowest BCUT2D eigenvalue weighted by molar-refractivity contribution is -0.384. The molecule has 0 aliphatic heterocycles. The van der Waals surface area contributed by atoms with Gasteiger partial charge in [0.25, 0.3) is 5.69 Å². The number of rotatable bonds is 2. The third-order valence-electron chi connectivity index (χ3n) is 2.82. The normalized spacial score (nSPS) is 9.19. The van der Waals surface area contributed by atoms with Crippen LogP contribution in [-0.2, 0) is 0 Å². The zero-order valence-corrected chi connectivity index (χ0v) is 10.5. The Kier molecular flexibility index (Phi) is 3.61. The van der Waals surface area contributed by atoms with Crippen molar-refractivity contribution in [2.75, 3.05) is 0 Å². The summed E-state index contributed by atoms with van der Waals surface area (Å²) in [4.78, 5) is 10.5. The molecule has 0 aromatic heterocycles. The van der Waals surface area contributed by atoms with Crippen LogP contribution in [0.1, 0.15) is 16.7 Å². The molecule has 0 unspecified atom stereocenters. The highest BCUT2D eigenvalue weighted by Gasteiger charge is 2.21. The van der Waals surface area contributed by atoms with E-state index < -0.39 is 4.92 Å². The third-order valence-corrected chi connectivity index (χ3v) is 2.82. The summed E-state index contributed by atoms with van der Waals surface area (Å²) in [7, 11) is 0. The number of benzene rings is 2. The predicted octanol–water partition coefficient (Wildman–Crippen LogP) is 2.68. The minimum atomic E-state index is -0.622. The predicted molar refractivity (Wildman–Crippen MR) is 71.5 cm³/mol. The topological polar surface area (TPSA) is 115 Å². The quantitative estimate of drug-likeness (QED) is 0.616. The molecule has 0 N–H and O–H groups in total. The van der Waals surface area contributed by atoms with Crippen molar-refractivity contribution in [1.29, 1.82) is 15.8 Å². The first-order valence-electron chi connectivity index (χ1n) is 5.66. The maximum absolute atomic E-state index is 11.1. The van der Waals surface area contributed by atoms with Crippen LogP contribution >= 0.6 is 0 Å². The first-order chi connectivity index (χ1) is 10.1. The van der Waals surface area contributed by atoms with E-state index in [0.717, 1.165) is 0 Å². The Morgan fingerprint density at radius 1 is 1.10 bits per heavy atom. The number of hydrogen-bond acceptors (Lipinski definition) is 5.